The minimum absolute atomic E-state index is 0.385. The summed E-state index contributed by atoms with van der Waals surface area (Å²) in [7, 11) is 0. The van der Waals surface area contributed by atoms with E-state index in [2.05, 4.69) is 27.2 Å². The highest BCUT2D eigenvalue weighted by atomic mass is 32.2. The van der Waals surface area contributed by atoms with Crippen LogP contribution >= 0.6 is 11.8 Å². The van der Waals surface area contributed by atoms with Crippen LogP contribution in [-0.4, -0.2) is 34.4 Å². The summed E-state index contributed by atoms with van der Waals surface area (Å²) in [6, 6.07) is 0.385. The molecule has 84 valence electrons. The molecule has 0 unspecified atom stereocenters. The lowest BCUT2D eigenvalue weighted by molar-refractivity contribution is 0.308. The number of thioether (sulfide) groups is 1. The maximum absolute atomic E-state index is 5.25. The lowest BCUT2D eigenvalue weighted by atomic mass is 10.5. The van der Waals surface area contributed by atoms with E-state index in [-0.39, 0.29) is 0 Å². The van der Waals surface area contributed by atoms with Gasteiger partial charge in [-0.3, -0.25) is 0 Å². The van der Waals surface area contributed by atoms with E-state index >= 15 is 0 Å². The number of aromatic nitrogens is 3. The molecule has 6 heteroatoms. The zero-order chi connectivity index (χ0) is 11.1. The minimum atomic E-state index is 0.385. The van der Waals surface area contributed by atoms with Gasteiger partial charge < -0.3 is 10.1 Å². The summed E-state index contributed by atoms with van der Waals surface area (Å²) < 4.78 is 5.25. The molecule has 0 saturated carbocycles. The van der Waals surface area contributed by atoms with Crippen LogP contribution in [0.4, 0.5) is 5.95 Å². The van der Waals surface area contributed by atoms with E-state index in [1.165, 1.54) is 11.8 Å². The summed E-state index contributed by atoms with van der Waals surface area (Å²) in [6.45, 7) is 5.41. The number of ether oxygens (including phenoxy) is 1. The molecule has 0 radical (unpaired) electrons. The van der Waals surface area contributed by atoms with Gasteiger partial charge in [0.2, 0.25) is 5.95 Å². The van der Waals surface area contributed by atoms with Gasteiger partial charge in [-0.15, -0.1) is 0 Å². The Bertz CT molecular complexity index is 308. The number of hydrogen-bond donors (Lipinski definition) is 1. The van der Waals surface area contributed by atoms with Gasteiger partial charge in [0.05, 0.1) is 6.61 Å². The molecule has 1 rings (SSSR count). The lowest BCUT2D eigenvalue weighted by Gasteiger charge is -2.06. The molecular formula is C9H16N4OS. The minimum Gasteiger partial charge on any atom is -0.464 e. The lowest BCUT2D eigenvalue weighted by Crippen LogP contribution is -2.08. The molecule has 5 nitrogen and oxygen atoms in total. The molecule has 0 bridgehead atoms. The molecule has 1 aromatic rings. The first-order chi connectivity index (χ1) is 7.30. The first kappa shape index (κ1) is 12.0. The van der Waals surface area contributed by atoms with Gasteiger partial charge in [0.25, 0.3) is 0 Å². The van der Waals surface area contributed by atoms with Gasteiger partial charge in [0.1, 0.15) is 0 Å². The fourth-order valence-corrected chi connectivity index (χ4v) is 1.29. The number of nitrogens with zero attached hydrogens (tertiary/aromatic N) is 3. The van der Waals surface area contributed by atoms with Crippen molar-refractivity contribution in [1.82, 2.24) is 15.0 Å². The average Bonchev–Trinajstić information content (AvgIpc) is 2.26. The van der Waals surface area contributed by atoms with Gasteiger partial charge >= 0.3 is 6.01 Å². The van der Waals surface area contributed by atoms with Gasteiger partial charge in [0, 0.05) is 6.54 Å². The molecule has 0 aliphatic rings. The van der Waals surface area contributed by atoms with E-state index in [9.17, 15) is 0 Å². The molecule has 15 heavy (non-hydrogen) atoms. The van der Waals surface area contributed by atoms with Crippen LogP contribution in [0.1, 0.15) is 20.3 Å². The Labute approximate surface area is 94.1 Å². The molecule has 0 fully saturated rings. The topological polar surface area (TPSA) is 59.9 Å². The zero-order valence-corrected chi connectivity index (χ0v) is 10.1. The zero-order valence-electron chi connectivity index (χ0n) is 9.28. The molecule has 0 spiro atoms. The quantitative estimate of drug-likeness (QED) is 0.749. The normalized spacial score (nSPS) is 10.1. The van der Waals surface area contributed by atoms with Gasteiger partial charge in [0.15, 0.2) is 5.16 Å². The highest BCUT2D eigenvalue weighted by molar-refractivity contribution is 7.98. The summed E-state index contributed by atoms with van der Waals surface area (Å²) in [5, 5.41) is 3.79. The largest absolute Gasteiger partial charge is 0.464 e. The first-order valence-electron chi connectivity index (χ1n) is 4.96. The second kappa shape index (κ2) is 6.44. The number of hydrogen-bond acceptors (Lipinski definition) is 6. The van der Waals surface area contributed by atoms with Crippen molar-refractivity contribution in [2.45, 2.75) is 25.4 Å². The van der Waals surface area contributed by atoms with E-state index in [0.29, 0.717) is 23.7 Å². The van der Waals surface area contributed by atoms with Gasteiger partial charge in [-0.1, -0.05) is 18.7 Å². The molecule has 1 aromatic heterocycles. The Hall–Kier alpha value is -1.04. The molecule has 0 atom stereocenters. The van der Waals surface area contributed by atoms with Crippen molar-refractivity contribution in [3.8, 4) is 6.01 Å². The van der Waals surface area contributed by atoms with Crippen molar-refractivity contribution in [2.75, 3.05) is 24.7 Å². The second-order valence-electron chi connectivity index (χ2n) is 2.79. The van der Waals surface area contributed by atoms with Crippen LogP contribution in [0.25, 0.3) is 0 Å². The predicted octanol–water partition coefficient (Wildman–Crippen LogP) is 1.81. The van der Waals surface area contributed by atoms with Crippen molar-refractivity contribution >= 4 is 17.7 Å². The third-order valence-corrected chi connectivity index (χ3v) is 2.13. The fraction of sp³-hybridized carbons (Fsp3) is 0.667. The highest BCUT2D eigenvalue weighted by Gasteiger charge is 2.05. The second-order valence-corrected chi connectivity index (χ2v) is 3.56. The summed E-state index contributed by atoms with van der Waals surface area (Å²) in [5.74, 6) is 0.583. The molecule has 0 amide bonds. The Morgan fingerprint density at radius 3 is 2.67 bits per heavy atom. The predicted molar refractivity (Wildman–Crippen MR) is 61.6 cm³/mol. The Morgan fingerprint density at radius 2 is 2.07 bits per heavy atom. The van der Waals surface area contributed by atoms with Gasteiger partial charge in [-0.2, -0.15) is 15.0 Å². The van der Waals surface area contributed by atoms with E-state index in [1.807, 2.05) is 13.2 Å². The van der Waals surface area contributed by atoms with Gasteiger partial charge in [-0.05, 0) is 19.6 Å². The SMILES string of the molecule is CCCNc1nc(OCC)nc(SC)n1. The van der Waals surface area contributed by atoms with Crippen LogP contribution < -0.4 is 10.1 Å². The smallest absolute Gasteiger partial charge is 0.322 e. The van der Waals surface area contributed by atoms with Crippen LogP contribution in [-0.2, 0) is 0 Å². The average molecular weight is 228 g/mol. The third kappa shape index (κ3) is 3.91. The standard InChI is InChI=1S/C9H16N4OS/c1-4-6-10-7-11-8(14-5-2)13-9(12-7)15-3/h4-6H2,1-3H3,(H,10,11,12,13). The molecule has 0 aliphatic heterocycles. The van der Waals surface area contributed by atoms with Crippen molar-refractivity contribution in [3.63, 3.8) is 0 Å². The molecule has 0 aromatic carbocycles. The van der Waals surface area contributed by atoms with Crippen LogP contribution in [0.2, 0.25) is 0 Å². The maximum atomic E-state index is 5.25. The van der Waals surface area contributed by atoms with E-state index in [0.717, 1.165) is 13.0 Å². The summed E-state index contributed by atoms with van der Waals surface area (Å²) in [6.07, 6.45) is 2.96. The highest BCUT2D eigenvalue weighted by Crippen LogP contribution is 2.14. The van der Waals surface area contributed by atoms with Crippen molar-refractivity contribution < 1.29 is 4.74 Å². The summed E-state index contributed by atoms with van der Waals surface area (Å²) in [5.41, 5.74) is 0. The Kier molecular flexibility index (Phi) is 5.17. The monoisotopic (exact) mass is 228 g/mol. The first-order valence-corrected chi connectivity index (χ1v) is 6.19. The molecular weight excluding hydrogens is 212 g/mol. The van der Waals surface area contributed by atoms with Crippen molar-refractivity contribution in [2.24, 2.45) is 0 Å². The summed E-state index contributed by atoms with van der Waals surface area (Å²) >= 11 is 1.47. The number of rotatable bonds is 6. The maximum Gasteiger partial charge on any atom is 0.322 e. The summed E-state index contributed by atoms with van der Waals surface area (Å²) in [4.78, 5) is 12.5. The molecule has 0 aliphatic carbocycles. The van der Waals surface area contributed by atoms with Crippen molar-refractivity contribution in [3.05, 3.63) is 0 Å². The molecule has 1 N–H and O–H groups in total. The van der Waals surface area contributed by atoms with E-state index < -0.39 is 0 Å². The van der Waals surface area contributed by atoms with E-state index in [1.54, 1.807) is 0 Å². The fourth-order valence-electron chi connectivity index (χ4n) is 0.939. The van der Waals surface area contributed by atoms with Crippen LogP contribution in [0.5, 0.6) is 6.01 Å². The van der Waals surface area contributed by atoms with Gasteiger partial charge in [-0.25, -0.2) is 0 Å². The number of nitrogens with one attached hydrogen (secondary N) is 1. The van der Waals surface area contributed by atoms with E-state index in [4.69, 9.17) is 4.74 Å². The van der Waals surface area contributed by atoms with Crippen LogP contribution in [0.3, 0.4) is 0 Å². The van der Waals surface area contributed by atoms with Crippen LogP contribution in [0, 0.1) is 0 Å². The Morgan fingerprint density at radius 1 is 1.27 bits per heavy atom. The molecule has 0 saturated heterocycles. The molecule has 1 heterocycles. The third-order valence-electron chi connectivity index (χ3n) is 1.58. The van der Waals surface area contributed by atoms with Crippen molar-refractivity contribution in [1.29, 1.82) is 0 Å². The Balaban J connectivity index is 2.79. The number of anilines is 1. The van der Waals surface area contributed by atoms with Crippen LogP contribution in [0.15, 0.2) is 5.16 Å².